The van der Waals surface area contributed by atoms with E-state index in [9.17, 15) is 0 Å². The Kier molecular flexibility index (Phi) is 17.0. The van der Waals surface area contributed by atoms with Crippen LogP contribution in [-0.4, -0.2) is 0 Å². The van der Waals surface area contributed by atoms with Gasteiger partial charge < -0.3 is 32.2 Å². The van der Waals surface area contributed by atoms with Gasteiger partial charge in [-0.15, -0.1) is 79.5 Å². The third-order valence-corrected chi connectivity index (χ3v) is 6.26. The molecule has 3 heteroatoms. The fourth-order valence-electron chi connectivity index (χ4n) is 4.49. The van der Waals surface area contributed by atoms with Crippen LogP contribution in [0.3, 0.4) is 0 Å². The molecule has 0 aliphatic heterocycles. The second-order valence-corrected chi connectivity index (χ2v) is 8.79. The van der Waals surface area contributed by atoms with E-state index in [2.05, 4.69) is 121 Å². The molecule has 0 saturated heterocycles. The van der Waals surface area contributed by atoms with Crippen LogP contribution >= 0.6 is 0 Å². The monoisotopic (exact) mass is 749 g/mol. The van der Waals surface area contributed by atoms with Crippen LogP contribution in [0, 0.1) is 19.6 Å². The molecule has 0 spiro atoms. The normalized spacial score (nSPS) is 9.14. The van der Waals surface area contributed by atoms with Gasteiger partial charge in [0.2, 0.25) is 0 Å². The third kappa shape index (κ3) is 9.81. The van der Waals surface area contributed by atoms with Crippen LogP contribution in [0.4, 0.5) is 0 Å². The maximum absolute atomic E-state index is 2.89. The van der Waals surface area contributed by atoms with Crippen molar-refractivity contribution >= 4 is 43.1 Å². The van der Waals surface area contributed by atoms with Gasteiger partial charge in [0.1, 0.15) is 0 Å². The maximum Gasteiger partial charge on any atom is 0 e. The number of halogens is 2. The zero-order valence-electron chi connectivity index (χ0n) is 23.4. The molecule has 0 saturated carbocycles. The molecule has 212 valence electrons. The quantitative estimate of drug-likeness (QED) is 0.154. The van der Waals surface area contributed by atoms with Crippen molar-refractivity contribution in [1.82, 2.24) is 0 Å². The van der Waals surface area contributed by atoms with Crippen molar-refractivity contribution in [3.05, 3.63) is 189 Å². The third-order valence-electron chi connectivity index (χ3n) is 6.26. The molecular weight excluding hydrogens is 718 g/mol. The summed E-state index contributed by atoms with van der Waals surface area (Å²) in [7, 11) is 0. The Bertz CT molecular complexity index is 1530. The molecule has 42 heavy (non-hydrogen) atoms. The van der Waals surface area contributed by atoms with Crippen LogP contribution < -0.4 is 24.8 Å². The van der Waals surface area contributed by atoms with Gasteiger partial charge in [0.15, 0.2) is 0 Å². The van der Waals surface area contributed by atoms with Crippen molar-refractivity contribution in [3.63, 3.8) is 0 Å². The average Bonchev–Trinajstić information content (AvgIpc) is 3.59. The maximum atomic E-state index is 2.89. The standard InChI is InChI=1S/2C13H9.2C6H5.CH3.2ClH.Hf/c2*1-3-7-12-10(5-1)9-11-6-2-4-8-13(11)12;2*1-2-4-6-5-3-1;;;;/h2*1-9H;2*1-5H;1H3;2*1H;/q5*-1;;;/p-2. The predicted molar refractivity (Wildman–Crippen MR) is 171 cm³/mol. The summed E-state index contributed by atoms with van der Waals surface area (Å²) in [5.74, 6) is 0. The van der Waals surface area contributed by atoms with Gasteiger partial charge in [-0.25, -0.2) is 0 Å². The molecule has 0 amide bonds. The molecule has 0 bridgehead atoms. The first-order chi connectivity index (χ1) is 18.9. The van der Waals surface area contributed by atoms with Gasteiger partial charge in [0.25, 0.3) is 0 Å². The minimum absolute atomic E-state index is 0. The summed E-state index contributed by atoms with van der Waals surface area (Å²) >= 11 is 0. The minimum Gasteiger partial charge on any atom is -1.00 e. The molecule has 0 heterocycles. The molecule has 8 aromatic carbocycles. The van der Waals surface area contributed by atoms with Crippen molar-refractivity contribution in [2.75, 3.05) is 0 Å². The Morgan fingerprint density at radius 2 is 0.571 bits per heavy atom. The summed E-state index contributed by atoms with van der Waals surface area (Å²) < 4.78 is 0. The molecule has 8 aromatic rings. The second-order valence-electron chi connectivity index (χ2n) is 8.79. The SMILES string of the molecule is [CH3-].[Cl-].[Cl-].[Hf].[c-]1ccccc1.[c-]1ccccc1.c1ccc2c(c1)[cH-]c1ccccc12.c1ccc2c(c1)[cH-]c1ccccc12. The Morgan fingerprint density at radius 1 is 0.333 bits per heavy atom. The summed E-state index contributed by atoms with van der Waals surface area (Å²) in [4.78, 5) is 0. The van der Waals surface area contributed by atoms with Crippen LogP contribution in [0.2, 0.25) is 0 Å². The summed E-state index contributed by atoms with van der Waals surface area (Å²) in [5, 5.41) is 10.8. The second kappa shape index (κ2) is 19.6. The Balaban J connectivity index is 0.000000287. The van der Waals surface area contributed by atoms with Crippen LogP contribution in [-0.2, 0) is 25.8 Å². The van der Waals surface area contributed by atoms with E-state index in [1.54, 1.807) is 0 Å². The molecule has 0 radical (unpaired) electrons. The first-order valence-electron chi connectivity index (χ1n) is 12.8. The van der Waals surface area contributed by atoms with Gasteiger partial charge in [-0.3, -0.25) is 0 Å². The molecule has 0 aromatic heterocycles. The molecule has 0 aliphatic carbocycles. The van der Waals surface area contributed by atoms with Gasteiger partial charge in [-0.1, -0.05) is 72.8 Å². The molecule has 0 fully saturated rings. The molecule has 0 nitrogen and oxygen atoms in total. The van der Waals surface area contributed by atoms with Gasteiger partial charge >= 0.3 is 0 Å². The smallest absolute Gasteiger partial charge is 0 e. The van der Waals surface area contributed by atoms with Crippen molar-refractivity contribution in [2.45, 2.75) is 0 Å². The fourth-order valence-corrected chi connectivity index (χ4v) is 4.49. The molecule has 0 unspecified atom stereocenters. The average molecular weight is 749 g/mol. The Hall–Kier alpha value is -3.49. The summed E-state index contributed by atoms with van der Waals surface area (Å²) in [6.45, 7) is 0. The van der Waals surface area contributed by atoms with Crippen molar-refractivity contribution < 1.29 is 50.7 Å². The van der Waals surface area contributed by atoms with E-state index in [1.165, 1.54) is 43.1 Å². The van der Waals surface area contributed by atoms with Crippen LogP contribution in [0.1, 0.15) is 0 Å². The minimum atomic E-state index is 0. The zero-order valence-corrected chi connectivity index (χ0v) is 28.5. The van der Waals surface area contributed by atoms with Crippen LogP contribution in [0.15, 0.2) is 170 Å². The van der Waals surface area contributed by atoms with Crippen molar-refractivity contribution in [3.8, 4) is 0 Å². The van der Waals surface area contributed by atoms with Gasteiger partial charge in [0, 0.05) is 25.8 Å². The molecule has 8 rings (SSSR count). The first kappa shape index (κ1) is 36.5. The number of hydrogen-bond acceptors (Lipinski definition) is 0. The van der Waals surface area contributed by atoms with E-state index in [-0.39, 0.29) is 58.1 Å². The predicted octanol–water partition coefficient (Wildman–Crippen LogP) is 4.85. The summed E-state index contributed by atoms with van der Waals surface area (Å²) in [6, 6.07) is 63.5. The van der Waals surface area contributed by atoms with Crippen molar-refractivity contribution in [1.29, 1.82) is 0 Å². The zero-order chi connectivity index (χ0) is 25.8. The Morgan fingerprint density at radius 3 is 0.762 bits per heavy atom. The number of hydrogen-bond donors (Lipinski definition) is 0. The molecule has 0 atom stereocenters. The van der Waals surface area contributed by atoms with Crippen LogP contribution in [0.25, 0.3) is 43.1 Å². The van der Waals surface area contributed by atoms with Gasteiger partial charge in [-0.05, 0) is 0 Å². The fraction of sp³-hybridized carbons (Fsp3) is 0. The van der Waals surface area contributed by atoms with E-state index >= 15 is 0 Å². The summed E-state index contributed by atoms with van der Waals surface area (Å²) in [6.07, 6.45) is 0. The molecule has 0 aliphatic rings. The first-order valence-corrected chi connectivity index (χ1v) is 12.8. The molecule has 0 N–H and O–H groups in total. The Labute approximate surface area is 281 Å². The summed E-state index contributed by atoms with van der Waals surface area (Å²) in [5.41, 5.74) is 0. The van der Waals surface area contributed by atoms with Crippen molar-refractivity contribution in [2.24, 2.45) is 0 Å². The van der Waals surface area contributed by atoms with Gasteiger partial charge in [-0.2, -0.15) is 72.8 Å². The van der Waals surface area contributed by atoms with E-state index in [0.717, 1.165) is 0 Å². The van der Waals surface area contributed by atoms with E-state index in [4.69, 9.17) is 0 Å². The number of rotatable bonds is 0. The van der Waals surface area contributed by atoms with Gasteiger partial charge in [0.05, 0.1) is 0 Å². The van der Waals surface area contributed by atoms with E-state index in [1.807, 2.05) is 60.7 Å². The molecular formula is C39H31Cl2Hf-7. The van der Waals surface area contributed by atoms with Crippen LogP contribution in [0.5, 0.6) is 0 Å². The number of benzene rings is 6. The van der Waals surface area contributed by atoms with E-state index in [0.29, 0.717) is 0 Å². The number of fused-ring (bicyclic) bond motifs is 6. The van der Waals surface area contributed by atoms with E-state index < -0.39 is 0 Å². The largest absolute Gasteiger partial charge is 1.00 e. The topological polar surface area (TPSA) is 0 Å².